The van der Waals surface area contributed by atoms with Gasteiger partial charge in [-0.25, -0.2) is 22.9 Å². The number of halogens is 3. The van der Waals surface area contributed by atoms with Crippen molar-refractivity contribution >= 4 is 44.4 Å². The van der Waals surface area contributed by atoms with Gasteiger partial charge in [0, 0.05) is 0 Å². The number of carbonyl (C=O) groups is 2. The maximum Gasteiger partial charge on any atom is 0.433 e. The summed E-state index contributed by atoms with van der Waals surface area (Å²) in [4.78, 5) is 36.6. The van der Waals surface area contributed by atoms with E-state index < -0.39 is 58.0 Å². The molecule has 0 saturated carbocycles. The molecule has 0 saturated heterocycles. The van der Waals surface area contributed by atoms with Gasteiger partial charge < -0.3 is 9.15 Å². The fraction of sp³-hybridized carbons (Fsp3) is 0.0714. The average Bonchev–Trinajstić information content (AvgIpc) is 3.25. The molecule has 9 nitrogen and oxygen atoms in total. The molecule has 13 heteroatoms. The topological polar surface area (TPSA) is 125 Å². The Bertz CT molecular complexity index is 1080. The molecule has 3 rings (SSSR count). The fourth-order valence-electron chi connectivity index (χ4n) is 1.92. The van der Waals surface area contributed by atoms with Crippen molar-refractivity contribution in [2.75, 3.05) is 11.9 Å². The summed E-state index contributed by atoms with van der Waals surface area (Å²) in [7, 11) is 0. The molecule has 1 amide bonds. The Labute approximate surface area is 150 Å². The van der Waals surface area contributed by atoms with Crippen LogP contribution in [0.2, 0.25) is 0 Å². The van der Waals surface area contributed by atoms with Crippen molar-refractivity contribution < 1.29 is 36.8 Å². The molecule has 0 radical (unpaired) electrons. The molecule has 27 heavy (non-hydrogen) atoms. The summed E-state index contributed by atoms with van der Waals surface area (Å²) < 4.78 is 49.1. The summed E-state index contributed by atoms with van der Waals surface area (Å²) in [5, 5.41) is 12.5. The number of nitro groups is 1. The van der Waals surface area contributed by atoms with Crippen LogP contribution in [-0.4, -0.2) is 28.4 Å². The third kappa shape index (κ3) is 3.72. The van der Waals surface area contributed by atoms with E-state index in [1.54, 1.807) is 0 Å². The van der Waals surface area contributed by atoms with Crippen molar-refractivity contribution in [1.82, 2.24) is 4.98 Å². The number of benzene rings is 1. The molecule has 0 aliphatic rings. The van der Waals surface area contributed by atoms with Crippen LogP contribution in [0.25, 0.3) is 10.2 Å². The van der Waals surface area contributed by atoms with Crippen LogP contribution in [-0.2, 0) is 9.53 Å². The molecule has 0 fully saturated rings. The minimum absolute atomic E-state index is 0.0402. The second-order valence-corrected chi connectivity index (χ2v) is 5.90. The molecule has 2 aromatic heterocycles. The Balaban J connectivity index is 1.63. The van der Waals surface area contributed by atoms with Crippen LogP contribution in [0, 0.1) is 27.6 Å². The smallest absolute Gasteiger partial charge is 0.433 e. The highest BCUT2D eigenvalue weighted by molar-refractivity contribution is 7.22. The highest BCUT2D eigenvalue weighted by Crippen LogP contribution is 2.30. The number of hydrogen-bond acceptors (Lipinski definition) is 8. The highest BCUT2D eigenvalue weighted by atomic mass is 32.1. The quantitative estimate of drug-likeness (QED) is 0.302. The normalized spacial score (nSPS) is 10.8. The van der Waals surface area contributed by atoms with Crippen LogP contribution in [0.3, 0.4) is 0 Å². The molecule has 0 atom stereocenters. The van der Waals surface area contributed by atoms with Crippen LogP contribution in [0.4, 0.5) is 24.2 Å². The standard InChI is InChI=1S/C14H6F3N3O6S/c15-5-3-7-12(11(17)10(5)16)19-14(27-7)18-8(21)4-25-13(22)6-1-2-9(26-6)20(23)24/h1-3H,4H2,(H,18,19,21). The van der Waals surface area contributed by atoms with Gasteiger partial charge in [0.25, 0.3) is 5.91 Å². The minimum atomic E-state index is -1.69. The van der Waals surface area contributed by atoms with E-state index in [-0.39, 0.29) is 9.83 Å². The van der Waals surface area contributed by atoms with Gasteiger partial charge in [0.05, 0.1) is 10.8 Å². The van der Waals surface area contributed by atoms with Gasteiger partial charge in [0.15, 0.2) is 29.2 Å². The van der Waals surface area contributed by atoms with E-state index in [1.165, 1.54) is 0 Å². The van der Waals surface area contributed by atoms with Crippen LogP contribution >= 0.6 is 11.3 Å². The van der Waals surface area contributed by atoms with Crippen molar-refractivity contribution in [3.05, 3.63) is 51.5 Å². The van der Waals surface area contributed by atoms with Gasteiger partial charge in [0.1, 0.15) is 10.4 Å². The largest absolute Gasteiger partial charge is 0.450 e. The van der Waals surface area contributed by atoms with Gasteiger partial charge in [-0.05, 0) is 12.1 Å². The van der Waals surface area contributed by atoms with E-state index in [0.29, 0.717) is 11.3 Å². The summed E-state index contributed by atoms with van der Waals surface area (Å²) in [6, 6.07) is 2.66. The van der Waals surface area contributed by atoms with Gasteiger partial charge in [-0.3, -0.25) is 20.2 Å². The lowest BCUT2D eigenvalue weighted by molar-refractivity contribution is -0.402. The van der Waals surface area contributed by atoms with Gasteiger partial charge in [-0.1, -0.05) is 11.3 Å². The SMILES string of the molecule is O=C(COC(=O)c1ccc([N+](=O)[O-])o1)Nc1nc2c(F)c(F)c(F)cc2s1. The molecule has 0 spiro atoms. The molecular weight excluding hydrogens is 395 g/mol. The van der Waals surface area contributed by atoms with E-state index >= 15 is 0 Å². The molecular formula is C14H6F3N3O6S. The van der Waals surface area contributed by atoms with Gasteiger partial charge in [-0.15, -0.1) is 0 Å². The number of thiazole rings is 1. The third-order valence-electron chi connectivity index (χ3n) is 3.08. The minimum Gasteiger partial charge on any atom is -0.450 e. The van der Waals surface area contributed by atoms with Crippen molar-refractivity contribution in [2.45, 2.75) is 0 Å². The fourth-order valence-corrected chi connectivity index (χ4v) is 2.83. The predicted molar refractivity (Wildman–Crippen MR) is 83.8 cm³/mol. The Morgan fingerprint density at radius 3 is 2.70 bits per heavy atom. The van der Waals surface area contributed by atoms with Crippen LogP contribution < -0.4 is 5.32 Å². The number of hydrogen-bond donors (Lipinski definition) is 1. The lowest BCUT2D eigenvalue weighted by Crippen LogP contribution is -2.20. The number of furan rings is 1. The Morgan fingerprint density at radius 1 is 1.30 bits per heavy atom. The predicted octanol–water partition coefficient (Wildman–Crippen LogP) is 3.01. The van der Waals surface area contributed by atoms with Crippen molar-refractivity contribution in [3.8, 4) is 0 Å². The van der Waals surface area contributed by atoms with Gasteiger partial charge in [-0.2, -0.15) is 0 Å². The summed E-state index contributed by atoms with van der Waals surface area (Å²) in [5.41, 5.74) is -0.464. The molecule has 0 bridgehead atoms. The molecule has 0 aliphatic heterocycles. The number of fused-ring (bicyclic) bond motifs is 1. The van der Waals surface area contributed by atoms with E-state index in [1.807, 2.05) is 0 Å². The van der Waals surface area contributed by atoms with E-state index in [2.05, 4.69) is 19.5 Å². The molecule has 140 valence electrons. The Kier molecular flexibility index (Phi) is 4.77. The first-order chi connectivity index (χ1) is 12.8. The van der Waals surface area contributed by atoms with Crippen LogP contribution in [0.15, 0.2) is 22.6 Å². The van der Waals surface area contributed by atoms with Crippen LogP contribution in [0.1, 0.15) is 10.6 Å². The number of carbonyl (C=O) groups excluding carboxylic acids is 2. The maximum atomic E-state index is 13.6. The maximum absolute atomic E-state index is 13.6. The number of nitrogens with zero attached hydrogens (tertiary/aromatic N) is 2. The molecule has 0 unspecified atom stereocenters. The molecule has 1 aromatic carbocycles. The Morgan fingerprint density at radius 2 is 2.04 bits per heavy atom. The molecule has 2 heterocycles. The zero-order chi connectivity index (χ0) is 19.7. The van der Waals surface area contributed by atoms with Crippen molar-refractivity contribution in [3.63, 3.8) is 0 Å². The lowest BCUT2D eigenvalue weighted by Gasteiger charge is -2.02. The summed E-state index contributed by atoms with van der Waals surface area (Å²) in [6.45, 7) is -0.811. The first-order valence-electron chi connectivity index (χ1n) is 6.91. The zero-order valence-corrected chi connectivity index (χ0v) is 13.6. The summed E-state index contributed by atoms with van der Waals surface area (Å²) in [6.07, 6.45) is 0. The number of ether oxygens (including phenoxy) is 1. The third-order valence-corrected chi connectivity index (χ3v) is 3.99. The number of rotatable bonds is 5. The first kappa shape index (κ1) is 18.3. The van der Waals surface area contributed by atoms with E-state index in [4.69, 9.17) is 0 Å². The van der Waals surface area contributed by atoms with Crippen LogP contribution in [0.5, 0.6) is 0 Å². The van der Waals surface area contributed by atoms with Gasteiger partial charge >= 0.3 is 11.9 Å². The number of aromatic nitrogens is 1. The second kappa shape index (κ2) is 7.03. The molecule has 0 aliphatic carbocycles. The molecule has 1 N–H and O–H groups in total. The van der Waals surface area contributed by atoms with Gasteiger partial charge in [0.2, 0.25) is 5.76 Å². The number of esters is 1. The average molecular weight is 401 g/mol. The number of nitrogens with one attached hydrogen (secondary N) is 1. The monoisotopic (exact) mass is 401 g/mol. The van der Waals surface area contributed by atoms with E-state index in [9.17, 15) is 32.9 Å². The Hall–Kier alpha value is -3.48. The summed E-state index contributed by atoms with van der Waals surface area (Å²) >= 11 is 0.676. The number of anilines is 1. The zero-order valence-electron chi connectivity index (χ0n) is 12.8. The highest BCUT2D eigenvalue weighted by Gasteiger charge is 2.21. The first-order valence-corrected chi connectivity index (χ1v) is 7.73. The second-order valence-electron chi connectivity index (χ2n) is 4.87. The van der Waals surface area contributed by atoms with Crippen molar-refractivity contribution in [2.24, 2.45) is 0 Å². The molecule has 3 aromatic rings. The van der Waals surface area contributed by atoms with Crippen molar-refractivity contribution in [1.29, 1.82) is 0 Å². The lowest BCUT2D eigenvalue weighted by atomic mass is 10.3. The van der Waals surface area contributed by atoms with E-state index in [0.717, 1.165) is 18.2 Å². The number of amides is 1. The summed E-state index contributed by atoms with van der Waals surface area (Å²) in [5.74, 6) is -7.75.